The monoisotopic (exact) mass is 273 g/mol. The van der Waals surface area contributed by atoms with Crippen LogP contribution in [0.4, 0.5) is 0 Å². The van der Waals surface area contributed by atoms with Gasteiger partial charge in [-0.25, -0.2) is 0 Å². The second-order valence-electron chi connectivity index (χ2n) is 5.92. The molecule has 1 aliphatic carbocycles. The Bertz CT molecular complexity index is 474. The first-order valence-electron chi connectivity index (χ1n) is 8.06. The molecule has 1 saturated carbocycles. The second kappa shape index (κ2) is 6.43. The minimum atomic E-state index is 0.345. The molecule has 2 aliphatic rings. The summed E-state index contributed by atoms with van der Waals surface area (Å²) in [5.41, 5.74) is 4.27. The summed E-state index contributed by atoms with van der Waals surface area (Å²) in [6.45, 7) is 10.2. The summed E-state index contributed by atoms with van der Waals surface area (Å²) < 4.78 is 0. The van der Waals surface area contributed by atoms with E-state index in [0.29, 0.717) is 17.7 Å². The Hall–Kier alpha value is -1.31. The third-order valence-corrected chi connectivity index (χ3v) is 4.17. The molecule has 1 heterocycles. The van der Waals surface area contributed by atoms with Crippen molar-refractivity contribution < 1.29 is 4.79 Å². The molecule has 1 aromatic carbocycles. The van der Waals surface area contributed by atoms with Crippen LogP contribution in [0.2, 0.25) is 0 Å². The fraction of sp³-hybridized carbons (Fsp3) is 0.611. The molecule has 20 heavy (non-hydrogen) atoms. The van der Waals surface area contributed by atoms with Crippen LogP contribution in [0.1, 0.15) is 63.1 Å². The lowest BCUT2D eigenvalue weighted by atomic mass is 9.89. The van der Waals surface area contributed by atoms with Crippen molar-refractivity contribution in [3.8, 4) is 0 Å². The van der Waals surface area contributed by atoms with Crippen LogP contribution >= 0.6 is 0 Å². The van der Waals surface area contributed by atoms with Crippen molar-refractivity contribution in [3.63, 3.8) is 0 Å². The highest BCUT2D eigenvalue weighted by molar-refractivity contribution is 5.81. The molecule has 1 amide bonds. The maximum atomic E-state index is 12.2. The van der Waals surface area contributed by atoms with Crippen molar-refractivity contribution in [1.82, 2.24) is 4.90 Å². The average molecular weight is 273 g/mol. The Morgan fingerprint density at radius 1 is 1.25 bits per heavy atom. The molecule has 1 aromatic rings. The Morgan fingerprint density at radius 3 is 2.55 bits per heavy atom. The Balaban J connectivity index is 0.000000704. The number of fused-ring (bicyclic) bond motifs is 1. The van der Waals surface area contributed by atoms with Crippen LogP contribution in [-0.4, -0.2) is 17.4 Å². The number of amides is 1. The fourth-order valence-electron chi connectivity index (χ4n) is 2.92. The van der Waals surface area contributed by atoms with Gasteiger partial charge >= 0.3 is 0 Å². The molecule has 0 atom stereocenters. The van der Waals surface area contributed by atoms with Gasteiger partial charge in [-0.05, 0) is 41.9 Å². The van der Waals surface area contributed by atoms with Crippen LogP contribution in [0.3, 0.4) is 0 Å². The van der Waals surface area contributed by atoms with Gasteiger partial charge in [0, 0.05) is 19.0 Å². The Morgan fingerprint density at radius 2 is 1.95 bits per heavy atom. The molecule has 2 nitrogen and oxygen atoms in total. The van der Waals surface area contributed by atoms with Gasteiger partial charge in [0.1, 0.15) is 0 Å². The maximum absolute atomic E-state index is 12.2. The number of nitrogens with zero attached hydrogens (tertiary/aromatic N) is 1. The topological polar surface area (TPSA) is 20.3 Å². The van der Waals surface area contributed by atoms with Crippen LogP contribution in [0.25, 0.3) is 0 Å². The van der Waals surface area contributed by atoms with E-state index >= 15 is 0 Å². The van der Waals surface area contributed by atoms with E-state index in [-0.39, 0.29) is 0 Å². The Labute approximate surface area is 123 Å². The van der Waals surface area contributed by atoms with Gasteiger partial charge in [0.25, 0.3) is 0 Å². The van der Waals surface area contributed by atoms with Gasteiger partial charge in [0.05, 0.1) is 0 Å². The van der Waals surface area contributed by atoms with Crippen molar-refractivity contribution in [2.75, 3.05) is 6.54 Å². The summed E-state index contributed by atoms with van der Waals surface area (Å²) >= 11 is 0. The molecule has 1 aliphatic heterocycles. The lowest BCUT2D eigenvalue weighted by Crippen LogP contribution is -2.37. The predicted molar refractivity (Wildman–Crippen MR) is 83.7 cm³/mol. The van der Waals surface area contributed by atoms with Gasteiger partial charge in [-0.2, -0.15) is 0 Å². The first kappa shape index (κ1) is 15.1. The van der Waals surface area contributed by atoms with Gasteiger partial charge in [-0.15, -0.1) is 0 Å². The zero-order chi connectivity index (χ0) is 14.7. The van der Waals surface area contributed by atoms with E-state index in [1.165, 1.54) is 16.7 Å². The summed E-state index contributed by atoms with van der Waals surface area (Å²) in [4.78, 5) is 14.3. The van der Waals surface area contributed by atoms with Crippen LogP contribution in [0, 0.1) is 5.92 Å². The zero-order valence-corrected chi connectivity index (χ0v) is 13.3. The van der Waals surface area contributed by atoms with Gasteiger partial charge < -0.3 is 4.90 Å². The standard InChI is InChI=1S/C16H21NO.C2H6/c1-11(2)14-5-3-4-12-8-9-17(10-15(12)14)16(18)13-6-7-13;1-2/h3-5,11,13H,6-10H2,1-2H3;1-2H3. The van der Waals surface area contributed by atoms with Crippen LogP contribution in [0.5, 0.6) is 0 Å². The number of rotatable bonds is 2. The minimum Gasteiger partial charge on any atom is -0.338 e. The summed E-state index contributed by atoms with van der Waals surface area (Å²) in [5, 5.41) is 0. The number of carbonyl (C=O) groups excluding carboxylic acids is 1. The number of carbonyl (C=O) groups is 1. The average Bonchev–Trinajstić information content (AvgIpc) is 3.32. The van der Waals surface area contributed by atoms with E-state index < -0.39 is 0 Å². The lowest BCUT2D eigenvalue weighted by molar-refractivity contribution is -0.133. The molecular weight excluding hydrogens is 246 g/mol. The second-order valence-corrected chi connectivity index (χ2v) is 5.92. The third kappa shape index (κ3) is 3.05. The SMILES string of the molecule is CC.CC(C)c1cccc2c1CN(C(=O)C1CC1)CC2. The van der Waals surface area contributed by atoms with E-state index in [1.54, 1.807) is 0 Å². The van der Waals surface area contributed by atoms with Crippen molar-refractivity contribution in [1.29, 1.82) is 0 Å². The summed E-state index contributed by atoms with van der Waals surface area (Å²) in [5.74, 6) is 1.27. The lowest BCUT2D eigenvalue weighted by Gasteiger charge is -2.31. The molecule has 1 fully saturated rings. The van der Waals surface area contributed by atoms with Crippen molar-refractivity contribution >= 4 is 5.91 Å². The summed E-state index contributed by atoms with van der Waals surface area (Å²) in [7, 11) is 0. The molecule has 0 radical (unpaired) electrons. The van der Waals surface area contributed by atoms with E-state index in [4.69, 9.17) is 0 Å². The van der Waals surface area contributed by atoms with Crippen molar-refractivity contribution in [2.45, 2.75) is 59.4 Å². The highest BCUT2D eigenvalue weighted by atomic mass is 16.2. The van der Waals surface area contributed by atoms with Gasteiger partial charge in [-0.1, -0.05) is 45.9 Å². The molecule has 0 aromatic heterocycles. The minimum absolute atomic E-state index is 0.345. The van der Waals surface area contributed by atoms with Crippen LogP contribution in [0.15, 0.2) is 18.2 Å². The van der Waals surface area contributed by atoms with E-state index in [1.807, 2.05) is 13.8 Å². The van der Waals surface area contributed by atoms with Gasteiger partial charge in [0.15, 0.2) is 0 Å². The molecule has 0 saturated heterocycles. The first-order chi connectivity index (χ1) is 9.66. The Kier molecular flexibility index (Phi) is 4.85. The normalized spacial score (nSPS) is 17.4. The molecule has 0 bridgehead atoms. The van der Waals surface area contributed by atoms with E-state index in [0.717, 1.165) is 32.4 Å². The molecular formula is C18H27NO. The number of hydrogen-bond donors (Lipinski definition) is 0. The van der Waals surface area contributed by atoms with E-state index in [2.05, 4.69) is 36.9 Å². The predicted octanol–water partition coefficient (Wildman–Crippen LogP) is 4.13. The van der Waals surface area contributed by atoms with Crippen LogP contribution < -0.4 is 0 Å². The molecule has 0 N–H and O–H groups in total. The van der Waals surface area contributed by atoms with Gasteiger partial charge in [-0.3, -0.25) is 4.79 Å². The third-order valence-electron chi connectivity index (χ3n) is 4.17. The molecule has 0 spiro atoms. The summed E-state index contributed by atoms with van der Waals surface area (Å²) in [6, 6.07) is 6.60. The highest BCUT2D eigenvalue weighted by Crippen LogP contribution is 2.34. The zero-order valence-electron chi connectivity index (χ0n) is 13.3. The fourth-order valence-corrected chi connectivity index (χ4v) is 2.92. The van der Waals surface area contributed by atoms with Crippen molar-refractivity contribution in [2.24, 2.45) is 5.92 Å². The van der Waals surface area contributed by atoms with E-state index in [9.17, 15) is 4.79 Å². The van der Waals surface area contributed by atoms with Crippen LogP contribution in [-0.2, 0) is 17.8 Å². The molecule has 110 valence electrons. The molecule has 0 unspecified atom stereocenters. The highest BCUT2D eigenvalue weighted by Gasteiger charge is 2.34. The first-order valence-corrected chi connectivity index (χ1v) is 8.06. The number of benzene rings is 1. The van der Waals surface area contributed by atoms with Gasteiger partial charge in [0.2, 0.25) is 5.91 Å². The largest absolute Gasteiger partial charge is 0.338 e. The maximum Gasteiger partial charge on any atom is 0.225 e. The smallest absolute Gasteiger partial charge is 0.225 e. The van der Waals surface area contributed by atoms with Crippen molar-refractivity contribution in [3.05, 3.63) is 34.9 Å². The number of hydrogen-bond acceptors (Lipinski definition) is 1. The molecule has 3 rings (SSSR count). The summed E-state index contributed by atoms with van der Waals surface area (Å²) in [6.07, 6.45) is 3.23. The molecule has 2 heteroatoms. The quantitative estimate of drug-likeness (QED) is 0.793.